The van der Waals surface area contributed by atoms with Crippen molar-refractivity contribution in [2.45, 2.75) is 43.6 Å². The van der Waals surface area contributed by atoms with Gasteiger partial charge in [-0.15, -0.1) is 11.8 Å². The number of aromatic nitrogens is 2. The molecule has 0 fully saturated rings. The Balaban J connectivity index is 3.24. The van der Waals surface area contributed by atoms with Gasteiger partial charge in [0.15, 0.2) is 5.69 Å². The molecule has 0 atom stereocenters. The maximum Gasteiger partial charge on any atom is 0.435 e. The zero-order valence-corrected chi connectivity index (χ0v) is 10.5. The quantitative estimate of drug-likeness (QED) is 0.766. The van der Waals surface area contributed by atoms with Gasteiger partial charge >= 0.3 is 6.18 Å². The maximum atomic E-state index is 12.7. The Bertz CT molecular complexity index is 369. The second kappa shape index (κ2) is 4.69. The number of rotatable bonds is 3. The monoisotopic (exact) mass is 252 g/mol. The summed E-state index contributed by atoms with van der Waals surface area (Å²) in [4.78, 5) is 0. The number of alkyl halides is 3. The first-order valence-corrected chi connectivity index (χ1v) is 5.95. The van der Waals surface area contributed by atoms with E-state index in [4.69, 9.17) is 0 Å². The van der Waals surface area contributed by atoms with Crippen molar-refractivity contribution in [3.05, 3.63) is 11.3 Å². The Morgan fingerprint density at radius 2 is 1.94 bits per heavy atom. The second-order valence-electron chi connectivity index (χ2n) is 3.77. The van der Waals surface area contributed by atoms with Crippen molar-refractivity contribution in [2.24, 2.45) is 7.05 Å². The summed E-state index contributed by atoms with van der Waals surface area (Å²) in [5.41, 5.74) is -0.450. The van der Waals surface area contributed by atoms with E-state index >= 15 is 0 Å². The molecule has 0 N–H and O–H groups in total. The van der Waals surface area contributed by atoms with Crippen LogP contribution in [0.5, 0.6) is 0 Å². The molecular weight excluding hydrogens is 237 g/mol. The Hall–Kier alpha value is -0.650. The van der Waals surface area contributed by atoms with Crippen LogP contribution in [0.15, 0.2) is 5.03 Å². The summed E-state index contributed by atoms with van der Waals surface area (Å²) in [7, 11) is 1.55. The molecule has 1 aromatic rings. The average Bonchev–Trinajstić information content (AvgIpc) is 2.42. The molecule has 0 unspecified atom stereocenters. The van der Waals surface area contributed by atoms with Crippen LogP contribution in [0.2, 0.25) is 0 Å². The van der Waals surface area contributed by atoms with Crippen LogP contribution < -0.4 is 0 Å². The van der Waals surface area contributed by atoms with Crippen LogP contribution in [0.1, 0.15) is 32.0 Å². The third-order valence-electron chi connectivity index (χ3n) is 2.06. The average molecular weight is 252 g/mol. The molecule has 6 heteroatoms. The van der Waals surface area contributed by atoms with Crippen LogP contribution in [0.25, 0.3) is 0 Å². The third kappa shape index (κ3) is 2.72. The summed E-state index contributed by atoms with van der Waals surface area (Å²) in [6, 6.07) is 0. The van der Waals surface area contributed by atoms with Crippen molar-refractivity contribution in [1.29, 1.82) is 0 Å². The lowest BCUT2D eigenvalue weighted by Crippen LogP contribution is -2.09. The van der Waals surface area contributed by atoms with Crippen molar-refractivity contribution < 1.29 is 13.2 Å². The van der Waals surface area contributed by atoms with Gasteiger partial charge in [-0.2, -0.15) is 18.3 Å². The lowest BCUT2D eigenvalue weighted by Gasteiger charge is -2.08. The Morgan fingerprint density at radius 1 is 1.38 bits per heavy atom. The van der Waals surface area contributed by atoms with Crippen molar-refractivity contribution >= 4 is 11.8 Å². The lowest BCUT2D eigenvalue weighted by atomic mass is 10.2. The minimum absolute atomic E-state index is 0.238. The van der Waals surface area contributed by atoms with E-state index in [0.717, 1.165) is 0 Å². The molecule has 0 aliphatic carbocycles. The van der Waals surface area contributed by atoms with E-state index in [1.807, 2.05) is 13.8 Å². The molecule has 92 valence electrons. The largest absolute Gasteiger partial charge is 0.435 e. The summed E-state index contributed by atoms with van der Waals surface area (Å²) in [6.45, 7) is 5.62. The molecule has 0 radical (unpaired) electrons. The van der Waals surface area contributed by atoms with Gasteiger partial charge < -0.3 is 0 Å². The van der Waals surface area contributed by atoms with Gasteiger partial charge in [0.2, 0.25) is 0 Å². The summed E-state index contributed by atoms with van der Waals surface area (Å²) in [6.07, 6.45) is -4.02. The molecule has 0 aliphatic heterocycles. The fraction of sp³-hybridized carbons (Fsp3) is 0.700. The smallest absolute Gasteiger partial charge is 0.261 e. The molecule has 1 heterocycles. The molecule has 0 bridgehead atoms. The molecule has 0 amide bonds. The number of hydrogen-bond acceptors (Lipinski definition) is 2. The number of nitrogens with zero attached hydrogens (tertiary/aromatic N) is 2. The minimum atomic E-state index is -4.36. The highest BCUT2D eigenvalue weighted by Crippen LogP contribution is 2.37. The van der Waals surface area contributed by atoms with Gasteiger partial charge in [0.05, 0.1) is 5.03 Å². The van der Waals surface area contributed by atoms with Gasteiger partial charge in [-0.05, 0) is 6.42 Å². The molecule has 0 saturated heterocycles. The fourth-order valence-electron chi connectivity index (χ4n) is 1.47. The number of halogens is 3. The van der Waals surface area contributed by atoms with Gasteiger partial charge in [-0.1, -0.05) is 20.8 Å². The molecular formula is C10H15F3N2S. The molecule has 0 aliphatic rings. The Kier molecular flexibility index (Phi) is 3.93. The van der Waals surface area contributed by atoms with Gasteiger partial charge in [-0.25, -0.2) is 0 Å². The lowest BCUT2D eigenvalue weighted by molar-refractivity contribution is -0.142. The van der Waals surface area contributed by atoms with Crippen molar-refractivity contribution in [1.82, 2.24) is 9.78 Å². The first kappa shape index (κ1) is 13.4. The van der Waals surface area contributed by atoms with Gasteiger partial charge in [0.1, 0.15) is 0 Å². The van der Waals surface area contributed by atoms with Gasteiger partial charge in [-0.3, -0.25) is 4.68 Å². The summed E-state index contributed by atoms with van der Waals surface area (Å²) < 4.78 is 39.4. The summed E-state index contributed by atoms with van der Waals surface area (Å²) in [5.74, 6) is 0. The van der Waals surface area contributed by atoms with E-state index in [1.54, 1.807) is 14.0 Å². The fourth-order valence-corrected chi connectivity index (χ4v) is 2.49. The zero-order chi connectivity index (χ0) is 12.5. The SMILES string of the molecule is CCc1c(C(F)(F)F)nn(C)c1SC(C)C. The molecule has 1 rings (SSSR count). The number of aryl methyl sites for hydroxylation is 1. The molecule has 2 nitrogen and oxygen atoms in total. The van der Waals surface area contributed by atoms with Crippen LogP contribution in [0, 0.1) is 0 Å². The maximum absolute atomic E-state index is 12.7. The highest BCUT2D eigenvalue weighted by Gasteiger charge is 2.38. The van der Waals surface area contributed by atoms with E-state index < -0.39 is 11.9 Å². The van der Waals surface area contributed by atoms with E-state index in [9.17, 15) is 13.2 Å². The van der Waals surface area contributed by atoms with Crippen molar-refractivity contribution in [3.8, 4) is 0 Å². The highest BCUT2D eigenvalue weighted by atomic mass is 32.2. The first-order chi connectivity index (χ1) is 7.27. The van der Waals surface area contributed by atoms with Gasteiger partial charge in [0.25, 0.3) is 0 Å². The summed E-state index contributed by atoms with van der Waals surface area (Å²) in [5, 5.41) is 4.43. The molecule has 1 aromatic heterocycles. The van der Waals surface area contributed by atoms with E-state index in [-0.39, 0.29) is 5.25 Å². The van der Waals surface area contributed by atoms with Gasteiger partial charge in [0, 0.05) is 17.9 Å². The molecule has 0 aromatic carbocycles. The molecule has 0 spiro atoms. The highest BCUT2D eigenvalue weighted by molar-refractivity contribution is 7.99. The minimum Gasteiger partial charge on any atom is -0.261 e. The van der Waals surface area contributed by atoms with Crippen LogP contribution >= 0.6 is 11.8 Å². The second-order valence-corrected chi connectivity index (χ2v) is 5.34. The standard InChI is InChI=1S/C10H15F3N2S/c1-5-7-8(10(11,12)13)14-15(4)9(7)16-6(2)3/h6H,5H2,1-4H3. The Labute approximate surface area is 97.2 Å². The van der Waals surface area contributed by atoms with E-state index in [1.165, 1.54) is 16.4 Å². The predicted molar refractivity (Wildman–Crippen MR) is 58.6 cm³/mol. The zero-order valence-electron chi connectivity index (χ0n) is 9.72. The van der Waals surface area contributed by atoms with Crippen molar-refractivity contribution in [2.75, 3.05) is 0 Å². The normalized spacial score (nSPS) is 12.5. The molecule has 0 saturated carbocycles. The number of thioether (sulfide) groups is 1. The summed E-state index contributed by atoms with van der Waals surface area (Å²) >= 11 is 1.41. The molecule has 16 heavy (non-hydrogen) atoms. The predicted octanol–water partition coefficient (Wildman–Crippen LogP) is 3.50. The van der Waals surface area contributed by atoms with Crippen LogP contribution in [-0.2, 0) is 19.6 Å². The number of hydrogen-bond donors (Lipinski definition) is 0. The van der Waals surface area contributed by atoms with Crippen molar-refractivity contribution in [3.63, 3.8) is 0 Å². The van der Waals surface area contributed by atoms with E-state index in [0.29, 0.717) is 17.0 Å². The van der Waals surface area contributed by atoms with E-state index in [2.05, 4.69) is 5.10 Å². The van der Waals surface area contributed by atoms with Crippen LogP contribution in [0.3, 0.4) is 0 Å². The Morgan fingerprint density at radius 3 is 2.31 bits per heavy atom. The topological polar surface area (TPSA) is 17.8 Å². The third-order valence-corrected chi connectivity index (χ3v) is 3.26. The first-order valence-electron chi connectivity index (χ1n) is 5.07. The van der Waals surface area contributed by atoms with Crippen LogP contribution in [0.4, 0.5) is 13.2 Å². The van der Waals surface area contributed by atoms with Crippen LogP contribution in [-0.4, -0.2) is 15.0 Å².